The molecule has 0 fully saturated rings. The molecule has 1 N–H and O–H groups in total. The van der Waals surface area contributed by atoms with Crippen LogP contribution in [0.1, 0.15) is 38.4 Å². The molecule has 1 aliphatic rings. The number of hydrogen-bond donors (Lipinski definition) is 1. The molecular formula is C21H15N5O. The fourth-order valence-electron chi connectivity index (χ4n) is 3.05. The Kier molecular flexibility index (Phi) is 4.19. The fraction of sp³-hybridized carbons (Fsp3) is 0.0952. The number of amides is 1. The number of aromatic nitrogens is 2. The van der Waals surface area contributed by atoms with Crippen molar-refractivity contribution in [1.29, 1.82) is 5.26 Å². The van der Waals surface area contributed by atoms with E-state index >= 15 is 0 Å². The van der Waals surface area contributed by atoms with Crippen molar-refractivity contribution in [2.24, 2.45) is 4.99 Å². The minimum atomic E-state index is -0.314. The number of fused-ring (bicyclic) bond motifs is 1. The van der Waals surface area contributed by atoms with Crippen molar-refractivity contribution >= 4 is 17.3 Å². The molecule has 0 radical (unpaired) electrons. The zero-order valence-corrected chi connectivity index (χ0v) is 14.6. The lowest BCUT2D eigenvalue weighted by molar-refractivity contribution is 0.102. The SMILES string of the molecule is Cc1cc(C#N)cnc1C(=O)Nc1ccc2c(c1)C(c1ccccn1)=NC2. The van der Waals surface area contributed by atoms with E-state index in [9.17, 15) is 4.79 Å². The highest BCUT2D eigenvalue weighted by molar-refractivity contribution is 6.15. The molecule has 3 aromatic rings. The first-order valence-corrected chi connectivity index (χ1v) is 8.43. The average molecular weight is 353 g/mol. The van der Waals surface area contributed by atoms with E-state index in [4.69, 9.17) is 5.26 Å². The third-order valence-corrected chi connectivity index (χ3v) is 4.36. The lowest BCUT2D eigenvalue weighted by Gasteiger charge is -2.10. The fourth-order valence-corrected chi connectivity index (χ4v) is 3.05. The molecule has 6 nitrogen and oxygen atoms in total. The minimum absolute atomic E-state index is 0.299. The summed E-state index contributed by atoms with van der Waals surface area (Å²) in [6.45, 7) is 2.36. The highest BCUT2D eigenvalue weighted by Gasteiger charge is 2.20. The number of nitrogens with zero attached hydrogens (tertiary/aromatic N) is 4. The number of aliphatic imine (C=N–C) groups is 1. The molecular weight excluding hydrogens is 338 g/mol. The van der Waals surface area contributed by atoms with Gasteiger partial charge in [-0.2, -0.15) is 5.26 Å². The maximum Gasteiger partial charge on any atom is 0.274 e. The van der Waals surface area contributed by atoms with Gasteiger partial charge in [-0.3, -0.25) is 14.8 Å². The number of carbonyl (C=O) groups excluding carboxylic acids is 1. The highest BCUT2D eigenvalue weighted by atomic mass is 16.1. The van der Waals surface area contributed by atoms with Crippen molar-refractivity contribution in [3.63, 3.8) is 0 Å². The Bertz CT molecular complexity index is 1110. The van der Waals surface area contributed by atoms with Crippen LogP contribution < -0.4 is 5.32 Å². The number of hydrogen-bond acceptors (Lipinski definition) is 5. The molecule has 3 heterocycles. The third kappa shape index (κ3) is 3.18. The van der Waals surface area contributed by atoms with E-state index < -0.39 is 0 Å². The Labute approximate surface area is 156 Å². The quantitative estimate of drug-likeness (QED) is 0.782. The molecule has 2 aromatic heterocycles. The topological polar surface area (TPSA) is 91.0 Å². The summed E-state index contributed by atoms with van der Waals surface area (Å²) >= 11 is 0. The van der Waals surface area contributed by atoms with Crippen LogP contribution in [-0.4, -0.2) is 21.6 Å². The van der Waals surface area contributed by atoms with E-state index in [-0.39, 0.29) is 5.91 Å². The number of carbonyl (C=O) groups is 1. The summed E-state index contributed by atoms with van der Waals surface area (Å²) in [6.07, 6.45) is 3.14. The van der Waals surface area contributed by atoms with Crippen LogP contribution in [0.3, 0.4) is 0 Å². The van der Waals surface area contributed by atoms with Crippen LogP contribution in [0.25, 0.3) is 0 Å². The predicted molar refractivity (Wildman–Crippen MR) is 102 cm³/mol. The third-order valence-electron chi connectivity index (χ3n) is 4.36. The van der Waals surface area contributed by atoms with Gasteiger partial charge >= 0.3 is 0 Å². The van der Waals surface area contributed by atoms with Crippen molar-refractivity contribution < 1.29 is 4.79 Å². The lowest BCUT2D eigenvalue weighted by Crippen LogP contribution is -2.16. The van der Waals surface area contributed by atoms with Gasteiger partial charge < -0.3 is 5.32 Å². The normalized spacial score (nSPS) is 12.1. The molecule has 0 spiro atoms. The Balaban J connectivity index is 1.61. The highest BCUT2D eigenvalue weighted by Crippen LogP contribution is 2.25. The number of benzene rings is 1. The largest absolute Gasteiger partial charge is 0.321 e. The van der Waals surface area contributed by atoms with E-state index in [1.165, 1.54) is 6.20 Å². The van der Waals surface area contributed by atoms with Gasteiger partial charge in [0.05, 0.1) is 23.5 Å². The van der Waals surface area contributed by atoms with Crippen LogP contribution in [-0.2, 0) is 6.54 Å². The van der Waals surface area contributed by atoms with Crippen molar-refractivity contribution in [3.8, 4) is 6.07 Å². The van der Waals surface area contributed by atoms with Gasteiger partial charge in [-0.15, -0.1) is 0 Å². The first-order valence-electron chi connectivity index (χ1n) is 8.43. The van der Waals surface area contributed by atoms with Gasteiger partial charge in [-0.25, -0.2) is 4.98 Å². The molecule has 0 atom stereocenters. The Morgan fingerprint density at radius 1 is 1.19 bits per heavy atom. The van der Waals surface area contributed by atoms with Crippen LogP contribution >= 0.6 is 0 Å². The number of nitrogens with one attached hydrogen (secondary N) is 1. The zero-order chi connectivity index (χ0) is 18.8. The lowest BCUT2D eigenvalue weighted by atomic mass is 10.0. The molecule has 0 aliphatic carbocycles. The van der Waals surface area contributed by atoms with Crippen LogP contribution in [0, 0.1) is 18.3 Å². The Morgan fingerprint density at radius 3 is 2.81 bits per heavy atom. The molecule has 0 saturated carbocycles. The van der Waals surface area contributed by atoms with Gasteiger partial charge in [0.15, 0.2) is 0 Å². The van der Waals surface area contributed by atoms with E-state index in [2.05, 4.69) is 20.3 Å². The molecule has 1 amide bonds. The second kappa shape index (κ2) is 6.81. The molecule has 6 heteroatoms. The summed E-state index contributed by atoms with van der Waals surface area (Å²) in [7, 11) is 0. The number of rotatable bonds is 3. The molecule has 130 valence electrons. The Morgan fingerprint density at radius 2 is 2.07 bits per heavy atom. The number of pyridine rings is 2. The van der Waals surface area contributed by atoms with Crippen molar-refractivity contribution in [1.82, 2.24) is 9.97 Å². The second-order valence-electron chi connectivity index (χ2n) is 6.21. The molecule has 4 rings (SSSR count). The summed E-state index contributed by atoms with van der Waals surface area (Å²) in [5.74, 6) is -0.314. The van der Waals surface area contributed by atoms with E-state index in [1.807, 2.05) is 42.5 Å². The summed E-state index contributed by atoms with van der Waals surface area (Å²) in [4.78, 5) is 25.7. The van der Waals surface area contributed by atoms with Gasteiger partial charge in [0, 0.05) is 23.6 Å². The van der Waals surface area contributed by atoms with Crippen molar-refractivity contribution in [2.45, 2.75) is 13.5 Å². The molecule has 1 aliphatic heterocycles. The van der Waals surface area contributed by atoms with Gasteiger partial charge in [-0.05, 0) is 48.4 Å². The molecule has 27 heavy (non-hydrogen) atoms. The average Bonchev–Trinajstić information content (AvgIpc) is 3.11. The van der Waals surface area contributed by atoms with Crippen LogP contribution in [0.4, 0.5) is 5.69 Å². The summed E-state index contributed by atoms with van der Waals surface area (Å²) in [6, 6.07) is 15.1. The first kappa shape index (κ1) is 16.6. The maximum absolute atomic E-state index is 12.6. The molecule has 0 saturated heterocycles. The van der Waals surface area contributed by atoms with Gasteiger partial charge in [0.2, 0.25) is 0 Å². The second-order valence-corrected chi connectivity index (χ2v) is 6.21. The summed E-state index contributed by atoms with van der Waals surface area (Å²) in [5.41, 5.74) is 5.75. The predicted octanol–water partition coefficient (Wildman–Crippen LogP) is 3.26. The van der Waals surface area contributed by atoms with Gasteiger partial charge in [0.25, 0.3) is 5.91 Å². The monoisotopic (exact) mass is 353 g/mol. The van der Waals surface area contributed by atoms with Crippen LogP contribution in [0.5, 0.6) is 0 Å². The van der Waals surface area contributed by atoms with Crippen LogP contribution in [0.2, 0.25) is 0 Å². The smallest absolute Gasteiger partial charge is 0.274 e. The maximum atomic E-state index is 12.6. The first-order chi connectivity index (χ1) is 13.2. The van der Waals surface area contributed by atoms with E-state index in [0.29, 0.717) is 29.1 Å². The number of nitriles is 1. The standard InChI is InChI=1S/C21H15N5O/c1-13-8-14(10-22)11-24-19(13)21(27)26-16-6-5-15-12-25-20(17(15)9-16)18-4-2-3-7-23-18/h2-9,11H,12H2,1H3,(H,26,27). The molecule has 1 aromatic carbocycles. The summed E-state index contributed by atoms with van der Waals surface area (Å²) in [5, 5.41) is 11.8. The van der Waals surface area contributed by atoms with Crippen molar-refractivity contribution in [2.75, 3.05) is 5.32 Å². The Hall–Kier alpha value is -3.85. The van der Waals surface area contributed by atoms with Crippen molar-refractivity contribution in [3.05, 3.63) is 88.5 Å². The van der Waals surface area contributed by atoms with E-state index in [1.54, 1.807) is 19.2 Å². The zero-order valence-electron chi connectivity index (χ0n) is 14.6. The number of anilines is 1. The minimum Gasteiger partial charge on any atom is -0.321 e. The summed E-state index contributed by atoms with van der Waals surface area (Å²) < 4.78 is 0. The van der Waals surface area contributed by atoms with E-state index in [0.717, 1.165) is 22.5 Å². The molecule has 0 unspecified atom stereocenters. The van der Waals surface area contributed by atoms with Gasteiger partial charge in [-0.1, -0.05) is 12.1 Å². The number of aryl methyl sites for hydroxylation is 1. The molecule has 0 bridgehead atoms. The van der Waals surface area contributed by atoms with Gasteiger partial charge in [0.1, 0.15) is 11.8 Å². The van der Waals surface area contributed by atoms with Crippen LogP contribution in [0.15, 0.2) is 59.9 Å².